The van der Waals surface area contributed by atoms with Gasteiger partial charge >= 0.3 is 0 Å². The average molecular weight is 427 g/mol. The van der Waals surface area contributed by atoms with E-state index >= 15 is 0 Å². The summed E-state index contributed by atoms with van der Waals surface area (Å²) < 4.78 is 0. The van der Waals surface area contributed by atoms with Crippen molar-refractivity contribution in [2.24, 2.45) is 4.99 Å². The predicted molar refractivity (Wildman–Crippen MR) is 110 cm³/mol. The van der Waals surface area contributed by atoms with Crippen LogP contribution in [0.2, 0.25) is 0 Å². The van der Waals surface area contributed by atoms with Gasteiger partial charge in [0.2, 0.25) is 0 Å². The molecule has 0 radical (unpaired) electrons. The zero-order valence-electron chi connectivity index (χ0n) is 14.3. The number of anilines is 1. The normalized spacial score (nSPS) is 9.91. The summed E-state index contributed by atoms with van der Waals surface area (Å²) in [4.78, 5) is 11.4. The maximum atomic E-state index is 4.68. The Labute approximate surface area is 155 Å². The Bertz CT molecular complexity index is 646. The molecule has 6 heteroatoms. The van der Waals surface area contributed by atoms with Gasteiger partial charge in [0, 0.05) is 32.6 Å². The highest BCUT2D eigenvalue weighted by Crippen LogP contribution is 2.22. The molecule has 2 rings (SSSR count). The van der Waals surface area contributed by atoms with E-state index in [0.717, 1.165) is 35.8 Å². The number of aliphatic imine (C=N–C) groups is 1. The fourth-order valence-electron chi connectivity index (χ4n) is 2.27. The SMILES string of the molecule is CCNC(=NCc1cc(N(C)C)nc2ccccc12)NCC.I. The van der Waals surface area contributed by atoms with Gasteiger partial charge in [0.1, 0.15) is 5.82 Å². The quantitative estimate of drug-likeness (QED) is 0.438. The molecule has 0 saturated heterocycles. The maximum absolute atomic E-state index is 4.68. The second kappa shape index (κ2) is 9.54. The zero-order chi connectivity index (χ0) is 15.9. The number of benzene rings is 1. The van der Waals surface area contributed by atoms with E-state index in [9.17, 15) is 0 Å². The van der Waals surface area contributed by atoms with E-state index in [4.69, 9.17) is 0 Å². The summed E-state index contributed by atoms with van der Waals surface area (Å²) in [6.07, 6.45) is 0. The predicted octanol–water partition coefficient (Wildman–Crippen LogP) is 2.99. The number of hydrogen-bond acceptors (Lipinski definition) is 3. The Balaban J connectivity index is 0.00000264. The van der Waals surface area contributed by atoms with Crippen molar-refractivity contribution in [1.82, 2.24) is 15.6 Å². The first kappa shape index (κ1) is 19.5. The van der Waals surface area contributed by atoms with Gasteiger partial charge in [-0.1, -0.05) is 18.2 Å². The summed E-state index contributed by atoms with van der Waals surface area (Å²) >= 11 is 0. The van der Waals surface area contributed by atoms with Crippen LogP contribution in [-0.2, 0) is 6.54 Å². The van der Waals surface area contributed by atoms with Gasteiger partial charge in [-0.05, 0) is 31.5 Å². The number of halogens is 1. The molecule has 0 aliphatic rings. The standard InChI is InChI=1S/C17H25N5.HI/c1-5-18-17(19-6-2)20-12-13-11-16(22(3)4)21-15-10-8-7-9-14(13)15;/h7-11H,5-6,12H2,1-4H3,(H2,18,19,20);1H. The van der Waals surface area contributed by atoms with E-state index in [1.165, 1.54) is 5.56 Å². The lowest BCUT2D eigenvalue weighted by molar-refractivity contribution is 0.840. The minimum absolute atomic E-state index is 0. The molecule has 2 aromatic rings. The highest BCUT2D eigenvalue weighted by atomic mass is 127. The third kappa shape index (κ3) is 5.23. The van der Waals surface area contributed by atoms with Crippen LogP contribution in [0.4, 0.5) is 5.82 Å². The molecule has 0 aliphatic heterocycles. The molecule has 0 saturated carbocycles. The van der Waals surface area contributed by atoms with E-state index < -0.39 is 0 Å². The fourth-order valence-corrected chi connectivity index (χ4v) is 2.27. The number of nitrogens with one attached hydrogen (secondary N) is 2. The van der Waals surface area contributed by atoms with Crippen LogP contribution in [0.15, 0.2) is 35.3 Å². The Kier molecular flexibility index (Phi) is 8.08. The molecule has 5 nitrogen and oxygen atoms in total. The van der Waals surface area contributed by atoms with Gasteiger partial charge < -0.3 is 15.5 Å². The van der Waals surface area contributed by atoms with Crippen molar-refractivity contribution in [1.29, 1.82) is 0 Å². The Morgan fingerprint density at radius 1 is 1.13 bits per heavy atom. The number of hydrogen-bond donors (Lipinski definition) is 2. The van der Waals surface area contributed by atoms with Gasteiger partial charge in [-0.2, -0.15) is 0 Å². The molecule has 0 aliphatic carbocycles. The maximum Gasteiger partial charge on any atom is 0.191 e. The van der Waals surface area contributed by atoms with Crippen LogP contribution in [0.1, 0.15) is 19.4 Å². The number of fused-ring (bicyclic) bond motifs is 1. The Hall–Kier alpha value is -1.57. The number of aromatic nitrogens is 1. The van der Waals surface area contributed by atoms with E-state index in [1.807, 2.05) is 37.2 Å². The molecule has 0 fully saturated rings. The van der Waals surface area contributed by atoms with E-state index in [1.54, 1.807) is 0 Å². The molecule has 126 valence electrons. The highest BCUT2D eigenvalue weighted by Gasteiger charge is 2.07. The number of rotatable bonds is 5. The van der Waals surface area contributed by atoms with Gasteiger partial charge in [-0.3, -0.25) is 0 Å². The van der Waals surface area contributed by atoms with Crippen LogP contribution in [-0.4, -0.2) is 38.1 Å². The van der Waals surface area contributed by atoms with Crippen molar-refractivity contribution in [2.75, 3.05) is 32.1 Å². The first-order valence-corrected chi connectivity index (χ1v) is 7.73. The highest BCUT2D eigenvalue weighted by molar-refractivity contribution is 14.0. The van der Waals surface area contributed by atoms with Gasteiger partial charge in [-0.25, -0.2) is 9.98 Å². The Morgan fingerprint density at radius 2 is 1.78 bits per heavy atom. The summed E-state index contributed by atoms with van der Waals surface area (Å²) in [6.45, 7) is 6.47. The molecule has 0 spiro atoms. The fraction of sp³-hybridized carbons (Fsp3) is 0.412. The van der Waals surface area contributed by atoms with E-state index in [0.29, 0.717) is 6.54 Å². The van der Waals surface area contributed by atoms with Crippen LogP contribution in [0.3, 0.4) is 0 Å². The van der Waals surface area contributed by atoms with E-state index in [2.05, 4.69) is 46.6 Å². The van der Waals surface area contributed by atoms with Crippen molar-refractivity contribution >= 4 is 46.7 Å². The zero-order valence-corrected chi connectivity index (χ0v) is 16.6. The summed E-state index contributed by atoms with van der Waals surface area (Å²) in [5, 5.41) is 7.66. The Morgan fingerprint density at radius 3 is 2.39 bits per heavy atom. The minimum atomic E-state index is 0. The van der Waals surface area contributed by atoms with Crippen molar-refractivity contribution in [3.8, 4) is 0 Å². The molecule has 0 bridgehead atoms. The third-order valence-corrected chi connectivity index (χ3v) is 3.34. The van der Waals surface area contributed by atoms with Crippen LogP contribution in [0.5, 0.6) is 0 Å². The topological polar surface area (TPSA) is 52.6 Å². The van der Waals surface area contributed by atoms with E-state index in [-0.39, 0.29) is 24.0 Å². The molecular formula is C17H26IN5. The molecule has 1 aromatic carbocycles. The van der Waals surface area contributed by atoms with Gasteiger partial charge in [0.05, 0.1) is 12.1 Å². The third-order valence-electron chi connectivity index (χ3n) is 3.34. The molecule has 0 amide bonds. The van der Waals surface area contributed by atoms with Crippen molar-refractivity contribution in [3.63, 3.8) is 0 Å². The molecule has 1 heterocycles. The van der Waals surface area contributed by atoms with Crippen LogP contribution < -0.4 is 15.5 Å². The number of para-hydroxylation sites is 1. The van der Waals surface area contributed by atoms with Gasteiger partial charge in [0.15, 0.2) is 5.96 Å². The van der Waals surface area contributed by atoms with Crippen molar-refractivity contribution in [2.45, 2.75) is 20.4 Å². The molecule has 0 unspecified atom stereocenters. The van der Waals surface area contributed by atoms with Gasteiger partial charge in [0.25, 0.3) is 0 Å². The lowest BCUT2D eigenvalue weighted by atomic mass is 10.1. The van der Waals surface area contributed by atoms with Crippen molar-refractivity contribution < 1.29 is 0 Å². The summed E-state index contributed by atoms with van der Waals surface area (Å²) in [7, 11) is 4.01. The second-order valence-corrected chi connectivity index (χ2v) is 5.28. The van der Waals surface area contributed by atoms with Crippen LogP contribution in [0.25, 0.3) is 10.9 Å². The molecule has 23 heavy (non-hydrogen) atoms. The summed E-state index contributed by atoms with van der Waals surface area (Å²) in [5.74, 6) is 1.80. The van der Waals surface area contributed by atoms with Crippen molar-refractivity contribution in [3.05, 3.63) is 35.9 Å². The number of pyridine rings is 1. The lowest BCUT2D eigenvalue weighted by Gasteiger charge is -2.15. The molecule has 0 atom stereocenters. The van der Waals surface area contributed by atoms with Crippen LogP contribution >= 0.6 is 24.0 Å². The number of guanidine groups is 1. The minimum Gasteiger partial charge on any atom is -0.363 e. The molecule has 2 N–H and O–H groups in total. The molecular weight excluding hydrogens is 401 g/mol. The first-order valence-electron chi connectivity index (χ1n) is 7.73. The molecule has 1 aromatic heterocycles. The first-order chi connectivity index (χ1) is 10.7. The largest absolute Gasteiger partial charge is 0.363 e. The smallest absolute Gasteiger partial charge is 0.191 e. The monoisotopic (exact) mass is 427 g/mol. The van der Waals surface area contributed by atoms with Gasteiger partial charge in [-0.15, -0.1) is 24.0 Å². The lowest BCUT2D eigenvalue weighted by Crippen LogP contribution is -2.36. The average Bonchev–Trinajstić information content (AvgIpc) is 2.52. The number of nitrogens with zero attached hydrogens (tertiary/aromatic N) is 3. The summed E-state index contributed by atoms with van der Waals surface area (Å²) in [6, 6.07) is 10.3. The summed E-state index contributed by atoms with van der Waals surface area (Å²) in [5.41, 5.74) is 2.19. The second-order valence-electron chi connectivity index (χ2n) is 5.28. The van der Waals surface area contributed by atoms with Crippen LogP contribution in [0, 0.1) is 0 Å².